The van der Waals surface area contributed by atoms with E-state index in [1.54, 1.807) is 0 Å². The van der Waals surface area contributed by atoms with Gasteiger partial charge in [-0.1, -0.05) is 42.5 Å². The molecule has 0 unspecified atom stereocenters. The highest BCUT2D eigenvalue weighted by molar-refractivity contribution is 5.79. The van der Waals surface area contributed by atoms with Gasteiger partial charge in [-0.25, -0.2) is 0 Å². The molecule has 0 spiro atoms. The van der Waals surface area contributed by atoms with Gasteiger partial charge in [0.25, 0.3) is 0 Å². The third kappa shape index (κ3) is 5.60. The van der Waals surface area contributed by atoms with Crippen molar-refractivity contribution in [2.45, 2.75) is 45.3 Å². The molecule has 2 aromatic carbocycles. The number of carbonyl (C=O) groups excluding carboxylic acids is 1. The van der Waals surface area contributed by atoms with Crippen molar-refractivity contribution < 1.29 is 9.53 Å². The Hall–Kier alpha value is -2.33. The van der Waals surface area contributed by atoms with Crippen LogP contribution in [0.2, 0.25) is 0 Å². The Kier molecular flexibility index (Phi) is 6.83. The van der Waals surface area contributed by atoms with Gasteiger partial charge in [-0.15, -0.1) is 0 Å². The Labute approximate surface area is 174 Å². The lowest BCUT2D eigenvalue weighted by molar-refractivity contribution is -0.138. The van der Waals surface area contributed by atoms with Gasteiger partial charge in [-0.2, -0.15) is 0 Å². The smallest absolute Gasteiger partial charge is 0.225 e. The van der Waals surface area contributed by atoms with Crippen LogP contribution in [-0.4, -0.2) is 41.9 Å². The Morgan fingerprint density at radius 3 is 2.21 bits per heavy atom. The molecule has 1 amide bonds. The summed E-state index contributed by atoms with van der Waals surface area (Å²) >= 11 is 0. The van der Waals surface area contributed by atoms with Crippen LogP contribution in [0, 0.1) is 5.92 Å². The number of rotatable bonds is 6. The number of benzene rings is 2. The third-order valence-electron chi connectivity index (χ3n) is 6.18. The molecule has 4 rings (SSSR count). The first-order chi connectivity index (χ1) is 14.3. The highest BCUT2D eigenvalue weighted by Gasteiger charge is 2.29. The van der Waals surface area contributed by atoms with Crippen LogP contribution in [0.4, 0.5) is 0 Å². The molecule has 0 radical (unpaired) electrons. The first-order valence-electron chi connectivity index (χ1n) is 11.0. The van der Waals surface area contributed by atoms with Gasteiger partial charge in [0.1, 0.15) is 12.4 Å². The molecular weight excluding hydrogens is 360 g/mol. The highest BCUT2D eigenvalue weighted by Crippen LogP contribution is 2.23. The van der Waals surface area contributed by atoms with E-state index in [9.17, 15) is 4.79 Å². The zero-order chi connectivity index (χ0) is 19.9. The molecule has 2 heterocycles. The molecule has 4 nitrogen and oxygen atoms in total. The first kappa shape index (κ1) is 20.0. The number of amides is 1. The van der Waals surface area contributed by atoms with Crippen molar-refractivity contribution in [2.75, 3.05) is 26.2 Å². The molecular formula is C25H32N2O2. The summed E-state index contributed by atoms with van der Waals surface area (Å²) in [6, 6.07) is 18.7. The summed E-state index contributed by atoms with van der Waals surface area (Å²) in [7, 11) is 0. The highest BCUT2D eigenvalue weighted by atomic mass is 16.5. The van der Waals surface area contributed by atoms with Crippen molar-refractivity contribution in [1.29, 1.82) is 0 Å². The summed E-state index contributed by atoms with van der Waals surface area (Å²) in [5.74, 6) is 1.55. The largest absolute Gasteiger partial charge is 0.489 e. The molecule has 29 heavy (non-hydrogen) atoms. The van der Waals surface area contributed by atoms with Crippen LogP contribution in [-0.2, 0) is 17.9 Å². The van der Waals surface area contributed by atoms with Crippen LogP contribution in [0.5, 0.6) is 5.75 Å². The van der Waals surface area contributed by atoms with Crippen LogP contribution in [0.3, 0.4) is 0 Å². The van der Waals surface area contributed by atoms with E-state index >= 15 is 0 Å². The molecule has 2 saturated heterocycles. The van der Waals surface area contributed by atoms with Crippen LogP contribution < -0.4 is 4.74 Å². The maximum atomic E-state index is 12.7. The Bertz CT molecular complexity index is 761. The summed E-state index contributed by atoms with van der Waals surface area (Å²) in [5, 5.41) is 0. The van der Waals surface area contributed by atoms with Crippen LogP contribution >= 0.6 is 0 Å². The van der Waals surface area contributed by atoms with E-state index in [-0.39, 0.29) is 5.92 Å². The summed E-state index contributed by atoms with van der Waals surface area (Å²) in [6.07, 6.45) is 5.62. The fraction of sp³-hybridized carbons (Fsp3) is 0.480. The van der Waals surface area contributed by atoms with Crippen molar-refractivity contribution in [1.82, 2.24) is 9.80 Å². The third-order valence-corrected chi connectivity index (χ3v) is 6.18. The number of hydrogen-bond acceptors (Lipinski definition) is 3. The quantitative estimate of drug-likeness (QED) is 0.726. The molecule has 154 valence electrons. The van der Waals surface area contributed by atoms with Gasteiger partial charge in [0, 0.05) is 25.6 Å². The van der Waals surface area contributed by atoms with Crippen molar-refractivity contribution in [3.63, 3.8) is 0 Å². The lowest BCUT2D eigenvalue weighted by atomic mass is 9.94. The van der Waals surface area contributed by atoms with Gasteiger partial charge in [0.15, 0.2) is 0 Å². The second kappa shape index (κ2) is 9.93. The normalized spacial score (nSPS) is 18.6. The molecule has 0 aliphatic carbocycles. The Morgan fingerprint density at radius 1 is 0.828 bits per heavy atom. The summed E-state index contributed by atoms with van der Waals surface area (Å²) < 4.78 is 5.88. The second-order valence-corrected chi connectivity index (χ2v) is 8.35. The number of ether oxygens (including phenoxy) is 1. The Morgan fingerprint density at radius 2 is 1.52 bits per heavy atom. The topological polar surface area (TPSA) is 32.8 Å². The maximum absolute atomic E-state index is 12.7. The number of nitrogens with zero attached hydrogens (tertiary/aromatic N) is 2. The maximum Gasteiger partial charge on any atom is 0.225 e. The number of carbonyl (C=O) groups is 1. The zero-order valence-electron chi connectivity index (χ0n) is 17.3. The van der Waals surface area contributed by atoms with Crippen molar-refractivity contribution >= 4 is 5.91 Å². The fourth-order valence-electron chi connectivity index (χ4n) is 4.40. The minimum Gasteiger partial charge on any atom is -0.489 e. The molecule has 2 aliphatic heterocycles. The molecule has 2 aromatic rings. The van der Waals surface area contributed by atoms with E-state index < -0.39 is 0 Å². The van der Waals surface area contributed by atoms with E-state index in [1.807, 2.05) is 18.2 Å². The molecule has 0 saturated carbocycles. The van der Waals surface area contributed by atoms with E-state index in [1.165, 1.54) is 30.4 Å². The molecule has 2 fully saturated rings. The first-order valence-corrected chi connectivity index (χ1v) is 11.0. The van der Waals surface area contributed by atoms with Gasteiger partial charge in [0.2, 0.25) is 5.91 Å². The van der Waals surface area contributed by atoms with Gasteiger partial charge in [0.05, 0.1) is 0 Å². The average molecular weight is 393 g/mol. The van der Waals surface area contributed by atoms with Crippen LogP contribution in [0.1, 0.15) is 43.2 Å². The lowest BCUT2D eigenvalue weighted by Crippen LogP contribution is -2.44. The molecule has 0 atom stereocenters. The molecule has 0 N–H and O–H groups in total. The van der Waals surface area contributed by atoms with Gasteiger partial charge >= 0.3 is 0 Å². The zero-order valence-corrected chi connectivity index (χ0v) is 17.3. The molecule has 4 heteroatoms. The molecule has 2 aliphatic rings. The Balaban J connectivity index is 1.21. The lowest BCUT2D eigenvalue weighted by Gasteiger charge is -2.35. The van der Waals surface area contributed by atoms with Crippen LogP contribution in [0.15, 0.2) is 54.6 Å². The number of likely N-dealkylation sites (tertiary alicyclic amines) is 2. The monoisotopic (exact) mass is 392 g/mol. The molecule has 0 aromatic heterocycles. The number of piperidine rings is 2. The minimum atomic E-state index is 0.234. The van der Waals surface area contributed by atoms with Crippen molar-refractivity contribution in [2.24, 2.45) is 5.92 Å². The van der Waals surface area contributed by atoms with E-state index in [0.29, 0.717) is 12.5 Å². The summed E-state index contributed by atoms with van der Waals surface area (Å²) in [4.78, 5) is 17.3. The predicted octanol–water partition coefficient (Wildman–Crippen LogP) is 4.49. The van der Waals surface area contributed by atoms with E-state index in [4.69, 9.17) is 4.74 Å². The van der Waals surface area contributed by atoms with E-state index in [0.717, 1.165) is 51.3 Å². The summed E-state index contributed by atoms with van der Waals surface area (Å²) in [5.41, 5.74) is 2.48. The fourth-order valence-corrected chi connectivity index (χ4v) is 4.40. The SMILES string of the molecule is O=C(C1CCN(Cc2ccc(OCc3ccccc3)cc2)CC1)N1CCCCC1. The van der Waals surface area contributed by atoms with Crippen molar-refractivity contribution in [3.05, 3.63) is 65.7 Å². The van der Waals surface area contributed by atoms with Gasteiger partial charge < -0.3 is 9.64 Å². The number of hydrogen-bond donors (Lipinski definition) is 0. The van der Waals surface area contributed by atoms with Crippen molar-refractivity contribution in [3.8, 4) is 5.75 Å². The van der Waals surface area contributed by atoms with E-state index in [2.05, 4.69) is 46.2 Å². The summed E-state index contributed by atoms with van der Waals surface area (Å²) in [6.45, 7) is 5.50. The average Bonchev–Trinajstić information content (AvgIpc) is 2.80. The van der Waals surface area contributed by atoms with Gasteiger partial charge in [-0.05, 0) is 68.5 Å². The standard InChI is InChI=1S/C25H32N2O2/c28-25(27-15-5-2-6-16-27)23-13-17-26(18-14-23)19-21-9-11-24(12-10-21)29-20-22-7-3-1-4-8-22/h1,3-4,7-12,23H,2,5-6,13-20H2. The second-order valence-electron chi connectivity index (χ2n) is 8.35. The van der Waals surface area contributed by atoms with Gasteiger partial charge in [-0.3, -0.25) is 9.69 Å². The predicted molar refractivity (Wildman–Crippen MR) is 116 cm³/mol. The molecule has 0 bridgehead atoms. The minimum absolute atomic E-state index is 0.234. The van der Waals surface area contributed by atoms with Crippen LogP contribution in [0.25, 0.3) is 0 Å².